The Labute approximate surface area is 91.5 Å². The zero-order valence-corrected chi connectivity index (χ0v) is 9.26. The van der Waals surface area contributed by atoms with E-state index in [-0.39, 0.29) is 12.1 Å². The average Bonchev–Trinajstić information content (AvgIpc) is 2.82. The van der Waals surface area contributed by atoms with E-state index in [1.165, 1.54) is 12.8 Å². The van der Waals surface area contributed by atoms with Crippen LogP contribution >= 0.6 is 0 Å². The fourth-order valence-corrected chi connectivity index (χ4v) is 2.28. The highest BCUT2D eigenvalue weighted by atomic mass is 16.3. The van der Waals surface area contributed by atoms with Crippen molar-refractivity contribution in [2.75, 3.05) is 13.1 Å². The molecule has 1 aromatic carbocycles. The third-order valence-electron chi connectivity index (χ3n) is 3.31. The highest BCUT2D eigenvalue weighted by Crippen LogP contribution is 2.23. The third kappa shape index (κ3) is 2.39. The van der Waals surface area contributed by atoms with Crippen LogP contribution in [0.2, 0.25) is 0 Å². The highest BCUT2D eigenvalue weighted by Gasteiger charge is 2.24. The summed E-state index contributed by atoms with van der Waals surface area (Å²) in [6.07, 6.45) is 2.18. The van der Waals surface area contributed by atoms with Crippen molar-refractivity contribution in [3.05, 3.63) is 35.9 Å². The fraction of sp³-hybridized carbons (Fsp3) is 0.538. The molecular weight excluding hydrogens is 186 g/mol. The number of nitrogens with zero attached hydrogens (tertiary/aromatic N) is 1. The second-order valence-electron chi connectivity index (χ2n) is 4.34. The highest BCUT2D eigenvalue weighted by molar-refractivity contribution is 5.18. The van der Waals surface area contributed by atoms with Crippen LogP contribution in [0.5, 0.6) is 0 Å². The Balaban J connectivity index is 2.03. The van der Waals surface area contributed by atoms with E-state index < -0.39 is 0 Å². The Morgan fingerprint density at radius 1 is 1.13 bits per heavy atom. The lowest BCUT2D eigenvalue weighted by Gasteiger charge is -2.28. The number of aliphatic hydroxyl groups excluding tert-OH is 1. The maximum Gasteiger partial charge on any atom is 0.0942 e. The first-order valence-corrected chi connectivity index (χ1v) is 5.76. The van der Waals surface area contributed by atoms with Crippen molar-refractivity contribution in [2.24, 2.45) is 0 Å². The van der Waals surface area contributed by atoms with Crippen LogP contribution < -0.4 is 0 Å². The van der Waals surface area contributed by atoms with Gasteiger partial charge >= 0.3 is 0 Å². The Bertz CT molecular complexity index is 293. The van der Waals surface area contributed by atoms with Gasteiger partial charge in [0.15, 0.2) is 0 Å². The van der Waals surface area contributed by atoms with Crippen molar-refractivity contribution in [1.29, 1.82) is 0 Å². The first kappa shape index (κ1) is 10.7. The monoisotopic (exact) mass is 205 g/mol. The molecule has 0 aliphatic carbocycles. The molecule has 0 amide bonds. The lowest BCUT2D eigenvalue weighted by Crippen LogP contribution is -2.35. The van der Waals surface area contributed by atoms with Crippen molar-refractivity contribution in [3.8, 4) is 0 Å². The van der Waals surface area contributed by atoms with E-state index in [2.05, 4.69) is 11.8 Å². The van der Waals surface area contributed by atoms with Crippen LogP contribution in [0.25, 0.3) is 0 Å². The van der Waals surface area contributed by atoms with E-state index in [4.69, 9.17) is 0 Å². The van der Waals surface area contributed by atoms with Gasteiger partial charge in [0, 0.05) is 6.04 Å². The number of benzene rings is 1. The second-order valence-corrected chi connectivity index (χ2v) is 4.34. The van der Waals surface area contributed by atoms with Crippen LogP contribution in [0.4, 0.5) is 0 Å². The Morgan fingerprint density at radius 2 is 1.73 bits per heavy atom. The summed E-state index contributed by atoms with van der Waals surface area (Å²) in [6.45, 7) is 4.37. The lowest BCUT2D eigenvalue weighted by molar-refractivity contribution is 0.0716. The molecule has 2 heteroatoms. The van der Waals surface area contributed by atoms with Gasteiger partial charge in [-0.2, -0.15) is 0 Å². The molecule has 82 valence electrons. The van der Waals surface area contributed by atoms with E-state index >= 15 is 0 Å². The number of aliphatic hydroxyl groups is 1. The first-order valence-electron chi connectivity index (χ1n) is 5.76. The first-order chi connectivity index (χ1) is 7.29. The van der Waals surface area contributed by atoms with Crippen LogP contribution in [0, 0.1) is 0 Å². The van der Waals surface area contributed by atoms with E-state index in [9.17, 15) is 5.11 Å². The molecule has 0 spiro atoms. The zero-order valence-electron chi connectivity index (χ0n) is 9.26. The molecule has 0 bridgehead atoms. The smallest absolute Gasteiger partial charge is 0.0942 e. The van der Waals surface area contributed by atoms with Crippen molar-refractivity contribution in [2.45, 2.75) is 31.9 Å². The summed E-state index contributed by atoms with van der Waals surface area (Å²) in [6, 6.07) is 10.2. The van der Waals surface area contributed by atoms with Crippen molar-refractivity contribution >= 4 is 0 Å². The maximum absolute atomic E-state index is 10.2. The summed E-state index contributed by atoms with van der Waals surface area (Å²) in [5.41, 5.74) is 1.02. The quantitative estimate of drug-likeness (QED) is 0.817. The van der Waals surface area contributed by atoms with Crippen LogP contribution in [0.3, 0.4) is 0 Å². The summed E-state index contributed by atoms with van der Waals surface area (Å²) in [7, 11) is 0. The minimum atomic E-state index is -0.357. The number of rotatable bonds is 3. The molecule has 2 nitrogen and oxygen atoms in total. The van der Waals surface area contributed by atoms with Gasteiger partial charge in [-0.1, -0.05) is 30.3 Å². The van der Waals surface area contributed by atoms with Crippen molar-refractivity contribution < 1.29 is 5.11 Å². The Kier molecular flexibility index (Phi) is 3.39. The average molecular weight is 205 g/mol. The molecule has 1 saturated heterocycles. The van der Waals surface area contributed by atoms with Gasteiger partial charge in [-0.15, -0.1) is 0 Å². The summed E-state index contributed by atoms with van der Waals surface area (Å²) in [5, 5.41) is 10.2. The van der Waals surface area contributed by atoms with Crippen molar-refractivity contribution in [1.82, 2.24) is 4.90 Å². The predicted octanol–water partition coefficient (Wildman–Crippen LogP) is 2.20. The molecule has 2 rings (SSSR count). The van der Waals surface area contributed by atoms with Gasteiger partial charge < -0.3 is 5.11 Å². The third-order valence-corrected chi connectivity index (χ3v) is 3.31. The molecule has 0 radical (unpaired) electrons. The van der Waals surface area contributed by atoms with Crippen LogP contribution in [-0.2, 0) is 0 Å². The molecule has 1 aromatic rings. The molecule has 2 atom stereocenters. The molecule has 0 saturated carbocycles. The SMILES string of the molecule is CC([C@@H](O)c1ccccc1)N1CCCC1. The van der Waals surface area contributed by atoms with Crippen LogP contribution in [-0.4, -0.2) is 29.1 Å². The molecule has 1 aliphatic heterocycles. The number of hydrogen-bond acceptors (Lipinski definition) is 2. The van der Waals surface area contributed by atoms with Gasteiger partial charge in [0.05, 0.1) is 6.10 Å². The Morgan fingerprint density at radius 3 is 2.33 bits per heavy atom. The van der Waals surface area contributed by atoms with Crippen molar-refractivity contribution in [3.63, 3.8) is 0 Å². The van der Waals surface area contributed by atoms with Gasteiger partial charge in [-0.3, -0.25) is 4.90 Å². The largest absolute Gasteiger partial charge is 0.387 e. The maximum atomic E-state index is 10.2. The lowest BCUT2D eigenvalue weighted by atomic mass is 10.0. The minimum absolute atomic E-state index is 0.231. The zero-order chi connectivity index (χ0) is 10.7. The molecule has 15 heavy (non-hydrogen) atoms. The predicted molar refractivity (Wildman–Crippen MR) is 61.7 cm³/mol. The Hall–Kier alpha value is -0.860. The van der Waals surface area contributed by atoms with Gasteiger partial charge in [-0.25, -0.2) is 0 Å². The molecule has 1 unspecified atom stereocenters. The molecule has 1 N–H and O–H groups in total. The van der Waals surface area contributed by atoms with Gasteiger partial charge in [0.1, 0.15) is 0 Å². The summed E-state index contributed by atoms with van der Waals surface area (Å²) in [4.78, 5) is 2.37. The minimum Gasteiger partial charge on any atom is -0.387 e. The molecule has 1 aliphatic rings. The normalized spacial score (nSPS) is 21.5. The number of hydrogen-bond donors (Lipinski definition) is 1. The van der Waals surface area contributed by atoms with Crippen LogP contribution in [0.1, 0.15) is 31.4 Å². The van der Waals surface area contributed by atoms with E-state index in [1.54, 1.807) is 0 Å². The van der Waals surface area contributed by atoms with Gasteiger partial charge in [0.2, 0.25) is 0 Å². The molecule has 0 aromatic heterocycles. The molecule has 1 heterocycles. The molecule has 1 fully saturated rings. The van der Waals surface area contributed by atoms with E-state index in [1.807, 2.05) is 30.3 Å². The fourth-order valence-electron chi connectivity index (χ4n) is 2.28. The molecular formula is C13H19NO. The topological polar surface area (TPSA) is 23.5 Å². The number of likely N-dealkylation sites (tertiary alicyclic amines) is 1. The standard InChI is InChI=1S/C13H19NO/c1-11(14-9-5-6-10-14)13(15)12-7-3-2-4-8-12/h2-4,7-8,11,13,15H,5-6,9-10H2,1H3/t11?,13-/m1/s1. The van der Waals surface area contributed by atoms with Crippen LogP contribution in [0.15, 0.2) is 30.3 Å². The van der Waals surface area contributed by atoms with E-state index in [0.717, 1.165) is 18.7 Å². The van der Waals surface area contributed by atoms with Gasteiger partial charge in [0.25, 0.3) is 0 Å². The van der Waals surface area contributed by atoms with Gasteiger partial charge in [-0.05, 0) is 38.4 Å². The van der Waals surface area contributed by atoms with E-state index in [0.29, 0.717) is 0 Å². The summed E-state index contributed by atoms with van der Waals surface area (Å²) >= 11 is 0. The summed E-state index contributed by atoms with van der Waals surface area (Å²) in [5.74, 6) is 0. The summed E-state index contributed by atoms with van der Waals surface area (Å²) < 4.78 is 0. The second kappa shape index (κ2) is 4.77.